The lowest BCUT2D eigenvalue weighted by atomic mass is 9.88. The summed E-state index contributed by atoms with van der Waals surface area (Å²) in [6, 6.07) is 15.7. The van der Waals surface area contributed by atoms with Gasteiger partial charge in [-0.05, 0) is 87.9 Å². The standard InChI is InChI=1S/C26H37NO3/c1-18(2)7-8-22(21-9-13-24(14-10-21)29-19(3)4)17-26(28)27-23-11-15-25(16-12-23)30-20(5)6/h9-16,18-20,22H,7-8,17H2,1-6H3,(H,27,28)/t22-/m0/s1. The van der Waals surface area contributed by atoms with E-state index in [0.717, 1.165) is 30.0 Å². The van der Waals surface area contributed by atoms with Crippen molar-refractivity contribution in [2.24, 2.45) is 5.92 Å². The molecule has 0 heterocycles. The molecule has 30 heavy (non-hydrogen) atoms. The number of benzene rings is 2. The van der Waals surface area contributed by atoms with Crippen molar-refractivity contribution in [3.8, 4) is 11.5 Å². The molecule has 0 saturated heterocycles. The second-order valence-corrected chi connectivity index (χ2v) is 8.85. The average Bonchev–Trinajstić information content (AvgIpc) is 2.66. The van der Waals surface area contributed by atoms with Gasteiger partial charge >= 0.3 is 0 Å². The van der Waals surface area contributed by atoms with E-state index in [1.807, 2.05) is 64.1 Å². The monoisotopic (exact) mass is 411 g/mol. The first-order chi connectivity index (χ1) is 14.2. The number of rotatable bonds is 11. The number of amides is 1. The molecule has 164 valence electrons. The number of hydrogen-bond donors (Lipinski definition) is 1. The van der Waals surface area contributed by atoms with Crippen molar-refractivity contribution in [3.63, 3.8) is 0 Å². The van der Waals surface area contributed by atoms with E-state index in [0.29, 0.717) is 12.3 Å². The number of ether oxygens (including phenoxy) is 2. The van der Waals surface area contributed by atoms with Crippen LogP contribution in [0.2, 0.25) is 0 Å². The molecule has 0 fully saturated rings. The molecule has 0 saturated carbocycles. The summed E-state index contributed by atoms with van der Waals surface area (Å²) >= 11 is 0. The number of hydrogen-bond acceptors (Lipinski definition) is 3. The molecule has 2 aromatic rings. The second kappa shape index (κ2) is 11.6. The zero-order valence-corrected chi connectivity index (χ0v) is 19.3. The Morgan fingerprint density at radius 2 is 1.27 bits per heavy atom. The minimum Gasteiger partial charge on any atom is -0.491 e. The van der Waals surface area contributed by atoms with Crippen LogP contribution in [0.25, 0.3) is 0 Å². The van der Waals surface area contributed by atoms with E-state index in [2.05, 4.69) is 31.3 Å². The van der Waals surface area contributed by atoms with Crippen molar-refractivity contribution in [2.75, 3.05) is 5.32 Å². The fraction of sp³-hybridized carbons (Fsp3) is 0.500. The highest BCUT2D eigenvalue weighted by Crippen LogP contribution is 2.29. The van der Waals surface area contributed by atoms with Crippen molar-refractivity contribution in [1.82, 2.24) is 0 Å². The normalized spacial score (nSPS) is 12.3. The van der Waals surface area contributed by atoms with Gasteiger partial charge in [-0.2, -0.15) is 0 Å². The molecule has 0 radical (unpaired) electrons. The van der Waals surface area contributed by atoms with Gasteiger partial charge in [-0.3, -0.25) is 4.79 Å². The zero-order valence-electron chi connectivity index (χ0n) is 19.3. The van der Waals surface area contributed by atoms with Crippen LogP contribution in [-0.4, -0.2) is 18.1 Å². The first-order valence-electron chi connectivity index (χ1n) is 11.1. The molecular weight excluding hydrogens is 374 g/mol. The Morgan fingerprint density at radius 3 is 1.73 bits per heavy atom. The predicted octanol–water partition coefficient (Wildman–Crippen LogP) is 6.81. The lowest BCUT2D eigenvalue weighted by molar-refractivity contribution is -0.116. The first kappa shape index (κ1) is 23.8. The van der Waals surface area contributed by atoms with Crippen molar-refractivity contribution >= 4 is 11.6 Å². The molecular formula is C26H37NO3. The lowest BCUT2D eigenvalue weighted by Crippen LogP contribution is -2.16. The van der Waals surface area contributed by atoms with E-state index in [1.54, 1.807) is 0 Å². The van der Waals surface area contributed by atoms with E-state index in [4.69, 9.17) is 9.47 Å². The Balaban J connectivity index is 2.03. The fourth-order valence-electron chi connectivity index (χ4n) is 3.34. The summed E-state index contributed by atoms with van der Waals surface area (Å²) in [7, 11) is 0. The van der Waals surface area contributed by atoms with Crippen LogP contribution in [0.15, 0.2) is 48.5 Å². The van der Waals surface area contributed by atoms with Gasteiger partial charge in [-0.1, -0.05) is 32.4 Å². The van der Waals surface area contributed by atoms with Crippen molar-refractivity contribution in [2.45, 2.75) is 78.9 Å². The molecule has 0 aliphatic heterocycles. The zero-order chi connectivity index (χ0) is 22.1. The Morgan fingerprint density at radius 1 is 0.767 bits per heavy atom. The molecule has 0 aliphatic carbocycles. The number of anilines is 1. The smallest absolute Gasteiger partial charge is 0.224 e. The van der Waals surface area contributed by atoms with Gasteiger partial charge < -0.3 is 14.8 Å². The van der Waals surface area contributed by atoms with Crippen LogP contribution >= 0.6 is 0 Å². The minimum atomic E-state index is 0.0313. The maximum absolute atomic E-state index is 12.7. The van der Waals surface area contributed by atoms with Crippen LogP contribution in [-0.2, 0) is 4.79 Å². The third-order valence-electron chi connectivity index (χ3n) is 4.76. The van der Waals surface area contributed by atoms with Gasteiger partial charge in [0.2, 0.25) is 5.91 Å². The molecule has 0 aromatic heterocycles. The van der Waals surface area contributed by atoms with E-state index in [9.17, 15) is 4.79 Å². The highest BCUT2D eigenvalue weighted by Gasteiger charge is 2.17. The van der Waals surface area contributed by atoms with E-state index < -0.39 is 0 Å². The Hall–Kier alpha value is -2.49. The van der Waals surface area contributed by atoms with Crippen LogP contribution < -0.4 is 14.8 Å². The fourth-order valence-corrected chi connectivity index (χ4v) is 3.34. The van der Waals surface area contributed by atoms with Crippen LogP contribution in [0.3, 0.4) is 0 Å². The van der Waals surface area contributed by atoms with Crippen LogP contribution in [0.5, 0.6) is 11.5 Å². The van der Waals surface area contributed by atoms with E-state index in [-0.39, 0.29) is 24.0 Å². The van der Waals surface area contributed by atoms with Gasteiger partial charge in [0, 0.05) is 12.1 Å². The molecule has 1 amide bonds. The van der Waals surface area contributed by atoms with Gasteiger partial charge in [-0.15, -0.1) is 0 Å². The number of nitrogens with one attached hydrogen (secondary N) is 1. The summed E-state index contributed by atoms with van der Waals surface area (Å²) < 4.78 is 11.4. The Bertz CT molecular complexity index is 764. The molecule has 2 rings (SSSR count). The Labute approximate surface area is 182 Å². The maximum atomic E-state index is 12.7. The summed E-state index contributed by atoms with van der Waals surface area (Å²) in [5.41, 5.74) is 1.97. The second-order valence-electron chi connectivity index (χ2n) is 8.85. The number of carbonyl (C=O) groups is 1. The molecule has 0 unspecified atom stereocenters. The third kappa shape index (κ3) is 8.48. The third-order valence-corrected chi connectivity index (χ3v) is 4.76. The molecule has 4 nitrogen and oxygen atoms in total. The summed E-state index contributed by atoms with van der Waals surface area (Å²) in [6.07, 6.45) is 2.81. The predicted molar refractivity (Wildman–Crippen MR) is 124 cm³/mol. The van der Waals surface area contributed by atoms with Gasteiger partial charge in [0.1, 0.15) is 11.5 Å². The first-order valence-corrected chi connectivity index (χ1v) is 11.1. The number of carbonyl (C=O) groups excluding carboxylic acids is 1. The molecule has 2 aromatic carbocycles. The highest BCUT2D eigenvalue weighted by atomic mass is 16.5. The highest BCUT2D eigenvalue weighted by molar-refractivity contribution is 5.91. The summed E-state index contributed by atoms with van der Waals surface area (Å²) in [5, 5.41) is 3.03. The minimum absolute atomic E-state index is 0.0313. The quantitative estimate of drug-likeness (QED) is 0.442. The molecule has 4 heteroatoms. The summed E-state index contributed by atoms with van der Waals surface area (Å²) in [4.78, 5) is 12.7. The van der Waals surface area contributed by atoms with Crippen LogP contribution in [0.1, 0.15) is 72.3 Å². The SMILES string of the molecule is CC(C)CC[C@@H](CC(=O)Nc1ccc(OC(C)C)cc1)c1ccc(OC(C)C)cc1. The molecule has 1 atom stereocenters. The van der Waals surface area contributed by atoms with E-state index in [1.165, 1.54) is 5.56 Å². The maximum Gasteiger partial charge on any atom is 0.224 e. The molecule has 0 aliphatic rings. The lowest BCUT2D eigenvalue weighted by Gasteiger charge is -2.19. The van der Waals surface area contributed by atoms with Gasteiger partial charge in [0.25, 0.3) is 0 Å². The van der Waals surface area contributed by atoms with Crippen molar-refractivity contribution < 1.29 is 14.3 Å². The summed E-state index contributed by atoms with van der Waals surface area (Å²) in [5.74, 6) is 2.49. The van der Waals surface area contributed by atoms with Gasteiger partial charge in [0.15, 0.2) is 0 Å². The Kier molecular flexibility index (Phi) is 9.22. The summed E-state index contributed by atoms with van der Waals surface area (Å²) in [6.45, 7) is 12.5. The molecule has 0 spiro atoms. The van der Waals surface area contributed by atoms with Gasteiger partial charge in [0.05, 0.1) is 12.2 Å². The van der Waals surface area contributed by atoms with Crippen LogP contribution in [0.4, 0.5) is 5.69 Å². The molecule has 0 bridgehead atoms. The largest absolute Gasteiger partial charge is 0.491 e. The topological polar surface area (TPSA) is 47.6 Å². The average molecular weight is 412 g/mol. The van der Waals surface area contributed by atoms with Crippen molar-refractivity contribution in [1.29, 1.82) is 0 Å². The van der Waals surface area contributed by atoms with Crippen LogP contribution in [0, 0.1) is 5.92 Å². The van der Waals surface area contributed by atoms with E-state index >= 15 is 0 Å². The van der Waals surface area contributed by atoms with Crippen molar-refractivity contribution in [3.05, 3.63) is 54.1 Å². The molecule has 1 N–H and O–H groups in total. The van der Waals surface area contributed by atoms with Gasteiger partial charge in [-0.25, -0.2) is 0 Å².